The molecule has 5 aliphatic carbocycles. The molecule has 21 atom stereocenters. The zero-order valence-corrected chi connectivity index (χ0v) is 34.2. The van der Waals surface area contributed by atoms with E-state index in [1.54, 1.807) is 6.92 Å². The van der Waals surface area contributed by atoms with E-state index in [0.29, 0.717) is 19.4 Å². The molecule has 0 aromatic rings. The quantitative estimate of drug-likeness (QED) is 0.138. The summed E-state index contributed by atoms with van der Waals surface area (Å²) >= 11 is 0. The molecule has 14 heteroatoms. The predicted octanol–water partition coefficient (Wildman–Crippen LogP) is 0.952. The Morgan fingerprint density at radius 1 is 0.732 bits per heavy atom. The van der Waals surface area contributed by atoms with Crippen LogP contribution >= 0.6 is 0 Å². The Morgan fingerprint density at radius 2 is 1.43 bits per heavy atom. The molecule has 3 saturated heterocycles. The van der Waals surface area contributed by atoms with Crippen molar-refractivity contribution in [3.8, 4) is 0 Å². The first-order valence-corrected chi connectivity index (χ1v) is 20.9. The first kappa shape index (κ1) is 43.3. The van der Waals surface area contributed by atoms with E-state index in [0.717, 1.165) is 38.5 Å². The van der Waals surface area contributed by atoms with Gasteiger partial charge in [-0.25, -0.2) is 0 Å². The van der Waals surface area contributed by atoms with Crippen LogP contribution < -0.4 is 0 Å². The summed E-state index contributed by atoms with van der Waals surface area (Å²) in [6.07, 6.45) is -3.39. The summed E-state index contributed by atoms with van der Waals surface area (Å²) in [5.74, 6) is 0.449. The van der Waals surface area contributed by atoms with Crippen molar-refractivity contribution >= 4 is 0 Å². The highest BCUT2D eigenvalue weighted by atomic mass is 16.7. The van der Waals surface area contributed by atoms with Gasteiger partial charge in [-0.2, -0.15) is 0 Å². The van der Waals surface area contributed by atoms with Crippen LogP contribution in [0.15, 0.2) is 12.2 Å². The minimum atomic E-state index is -1.72. The summed E-state index contributed by atoms with van der Waals surface area (Å²) < 4.78 is 31.2. The summed E-state index contributed by atoms with van der Waals surface area (Å²) in [6, 6.07) is 0. The van der Waals surface area contributed by atoms with Crippen LogP contribution in [0.5, 0.6) is 0 Å². The third-order valence-corrected chi connectivity index (χ3v) is 17.9. The molecule has 3 aliphatic heterocycles. The largest absolute Gasteiger partial charge is 0.412 e. The van der Waals surface area contributed by atoms with Crippen LogP contribution in [-0.4, -0.2) is 145 Å². The van der Waals surface area contributed by atoms with Gasteiger partial charge in [-0.1, -0.05) is 53.7 Å². The SMILES string of the molecule is C[C@H]1O[C@@H](O[C@H]2CC[C@@]3(C)[C@@H](CC[C@]4(C)[C@@H]3C=C[C@]35OC[C@@]6(CCC(C)(C)C[C@H]63)[C@H](O)C[C@]54C)[C@]2(C)CO)[C@H](O)[C@@H](O[C@@H]2O[C@H](CO)[C@@H](O)[C@H](O)[C@H]2O)[C@H]1O.O. The zero-order valence-electron chi connectivity index (χ0n) is 34.2. The fraction of sp³-hybridized carbons (Fsp3) is 0.952. The highest BCUT2D eigenvalue weighted by molar-refractivity contribution is 5.36. The van der Waals surface area contributed by atoms with Crippen LogP contribution in [0, 0.1) is 50.2 Å². The Balaban J connectivity index is 0.00000480. The normalized spacial score (nSPS) is 58.6. The van der Waals surface area contributed by atoms with Crippen molar-refractivity contribution < 1.29 is 70.0 Å². The maximum Gasteiger partial charge on any atom is 0.187 e. The average molecular weight is 799 g/mol. The summed E-state index contributed by atoms with van der Waals surface area (Å²) in [6.45, 7) is 15.4. The summed E-state index contributed by atoms with van der Waals surface area (Å²) in [7, 11) is 0. The average Bonchev–Trinajstić information content (AvgIpc) is 3.41. The minimum absolute atomic E-state index is 0. The van der Waals surface area contributed by atoms with E-state index in [1.807, 2.05) is 0 Å². The van der Waals surface area contributed by atoms with E-state index in [9.17, 15) is 40.9 Å². The van der Waals surface area contributed by atoms with E-state index in [-0.39, 0.29) is 56.9 Å². The third kappa shape index (κ3) is 5.64. The van der Waals surface area contributed by atoms with Crippen LogP contribution in [0.3, 0.4) is 0 Å². The molecule has 0 aromatic heterocycles. The van der Waals surface area contributed by atoms with Crippen LogP contribution in [0.25, 0.3) is 0 Å². The minimum Gasteiger partial charge on any atom is -0.412 e. The molecule has 7 fully saturated rings. The molecular weight excluding hydrogens is 728 g/mol. The second kappa shape index (κ2) is 14.1. The zero-order chi connectivity index (χ0) is 39.9. The van der Waals surface area contributed by atoms with Gasteiger partial charge in [0.25, 0.3) is 0 Å². The van der Waals surface area contributed by atoms with E-state index < -0.39 is 91.2 Å². The number of aliphatic hydroxyl groups is 8. The Labute approximate surface area is 330 Å². The van der Waals surface area contributed by atoms with Gasteiger partial charge in [0, 0.05) is 22.2 Å². The first-order valence-electron chi connectivity index (χ1n) is 20.9. The molecule has 0 unspecified atom stereocenters. The van der Waals surface area contributed by atoms with Gasteiger partial charge in [-0.05, 0) is 86.4 Å². The van der Waals surface area contributed by atoms with Gasteiger partial charge in [-0.3, -0.25) is 0 Å². The lowest BCUT2D eigenvalue weighted by Gasteiger charge is -2.73. The molecule has 56 heavy (non-hydrogen) atoms. The van der Waals surface area contributed by atoms with Gasteiger partial charge in [0.15, 0.2) is 12.6 Å². The lowest BCUT2D eigenvalue weighted by molar-refractivity contribution is -0.367. The van der Waals surface area contributed by atoms with Crippen molar-refractivity contribution in [3.05, 3.63) is 12.2 Å². The molecule has 4 saturated carbocycles. The maximum absolute atomic E-state index is 12.1. The molecular formula is C42H70O14. The second-order valence-electron chi connectivity index (χ2n) is 21.0. The molecule has 322 valence electrons. The van der Waals surface area contributed by atoms with Gasteiger partial charge in [0.2, 0.25) is 0 Å². The smallest absolute Gasteiger partial charge is 0.187 e. The second-order valence-corrected chi connectivity index (χ2v) is 21.0. The van der Waals surface area contributed by atoms with Gasteiger partial charge in [0.05, 0.1) is 43.7 Å². The summed E-state index contributed by atoms with van der Waals surface area (Å²) in [5.41, 5.74) is -1.90. The maximum atomic E-state index is 12.1. The molecule has 0 aromatic carbocycles. The van der Waals surface area contributed by atoms with Gasteiger partial charge >= 0.3 is 0 Å². The highest BCUT2D eigenvalue weighted by Crippen LogP contribution is 2.79. The van der Waals surface area contributed by atoms with Gasteiger partial charge in [-0.15, -0.1) is 0 Å². The molecule has 2 bridgehead atoms. The van der Waals surface area contributed by atoms with E-state index in [4.69, 9.17) is 23.7 Å². The summed E-state index contributed by atoms with van der Waals surface area (Å²) in [5, 5.41) is 87.0. The number of rotatable bonds is 6. The van der Waals surface area contributed by atoms with Crippen molar-refractivity contribution in [2.45, 2.75) is 179 Å². The number of allylic oxidation sites excluding steroid dienone is 1. The fourth-order valence-corrected chi connectivity index (χ4v) is 14.3. The van der Waals surface area contributed by atoms with Crippen molar-refractivity contribution in [2.24, 2.45) is 50.2 Å². The standard InChI is InChI=1S/C42H68O13.H2O/c1-21-28(46)33(55-34-31(49)30(48)29(47)22(18-43)53-34)32(50)35(52-21)54-27-10-11-37(4)23(38(27,5)19-44)8-12-39(6)24(37)9-13-42-25-16-36(2,3)14-15-41(25,20-51-42)26(45)17-40(39,42)7;/h9,13,21-35,43-50H,8,10-12,14-20H2,1-7H3;1H2/t21-,22-,23-,24-,25-,26-,27+,28+,29-,30+,31-,32-,33+,34+,35+,37+,38+,39-,40+,41-,42+;/m1./s1. The molecule has 0 radical (unpaired) electrons. The number of hydrogen-bond acceptors (Lipinski definition) is 13. The molecule has 0 amide bonds. The number of fused-ring (bicyclic) bond motifs is 4. The number of aliphatic hydroxyl groups excluding tert-OH is 8. The number of ether oxygens (including phenoxy) is 5. The van der Waals surface area contributed by atoms with Crippen LogP contribution in [-0.2, 0) is 23.7 Å². The Bertz CT molecular complexity index is 1490. The van der Waals surface area contributed by atoms with E-state index in [1.165, 1.54) is 0 Å². The molecule has 10 N–H and O–H groups in total. The van der Waals surface area contributed by atoms with Crippen LogP contribution in [0.1, 0.15) is 99.8 Å². The van der Waals surface area contributed by atoms with Crippen molar-refractivity contribution in [2.75, 3.05) is 19.8 Å². The molecule has 1 spiro atoms. The van der Waals surface area contributed by atoms with Crippen molar-refractivity contribution in [1.29, 1.82) is 0 Å². The van der Waals surface area contributed by atoms with Crippen LogP contribution in [0.4, 0.5) is 0 Å². The molecule has 14 nitrogen and oxygen atoms in total. The number of hydrogen-bond donors (Lipinski definition) is 8. The lowest BCUT2D eigenvalue weighted by Crippen LogP contribution is -2.72. The van der Waals surface area contributed by atoms with Gasteiger partial charge in [0.1, 0.15) is 42.7 Å². The predicted molar refractivity (Wildman–Crippen MR) is 200 cm³/mol. The highest BCUT2D eigenvalue weighted by Gasteiger charge is 2.79. The first-order chi connectivity index (χ1) is 25.7. The molecule has 8 rings (SSSR count). The fourth-order valence-electron chi connectivity index (χ4n) is 14.3. The lowest BCUT2D eigenvalue weighted by atomic mass is 9.32. The monoisotopic (exact) mass is 798 g/mol. The topological polar surface area (TPSA) is 239 Å². The third-order valence-electron chi connectivity index (χ3n) is 17.9. The summed E-state index contributed by atoms with van der Waals surface area (Å²) in [4.78, 5) is 0. The Kier molecular flexibility index (Phi) is 10.9. The van der Waals surface area contributed by atoms with E-state index >= 15 is 0 Å². The van der Waals surface area contributed by atoms with Gasteiger partial charge < -0.3 is 70.0 Å². The van der Waals surface area contributed by atoms with Crippen molar-refractivity contribution in [1.82, 2.24) is 0 Å². The van der Waals surface area contributed by atoms with E-state index in [2.05, 4.69) is 53.7 Å². The Morgan fingerprint density at radius 3 is 2.11 bits per heavy atom. The molecule has 3 heterocycles. The Hall–Kier alpha value is -0.820. The van der Waals surface area contributed by atoms with Crippen molar-refractivity contribution in [3.63, 3.8) is 0 Å². The molecule has 8 aliphatic rings. The van der Waals surface area contributed by atoms with Crippen LogP contribution in [0.2, 0.25) is 0 Å².